The zero-order chi connectivity index (χ0) is 17.6. The van der Waals surface area contributed by atoms with Crippen molar-refractivity contribution < 1.29 is 4.52 Å². The second kappa shape index (κ2) is 5.97. The van der Waals surface area contributed by atoms with Crippen molar-refractivity contribution >= 4 is 26.8 Å². The van der Waals surface area contributed by atoms with E-state index in [2.05, 4.69) is 26.1 Å². The largest absolute Gasteiger partial charge is 0.350 e. The minimum absolute atomic E-state index is 0.110. The molecule has 0 aliphatic carbocycles. The standard InChI is InChI=1S/C19H14BrN3O2/c1-11-6-7-16-14(8-11)17(24)15(10-23(16)2)19-21-18(22-25-19)12-4-3-5-13(20)9-12/h3-10H,1-2H3. The van der Waals surface area contributed by atoms with Crippen LogP contribution in [-0.2, 0) is 7.05 Å². The smallest absolute Gasteiger partial charge is 0.263 e. The lowest BCUT2D eigenvalue weighted by Gasteiger charge is -2.07. The van der Waals surface area contributed by atoms with Crippen LogP contribution in [0.15, 0.2) is 62.5 Å². The average molecular weight is 396 g/mol. The zero-order valence-electron chi connectivity index (χ0n) is 13.7. The van der Waals surface area contributed by atoms with Crippen molar-refractivity contribution in [3.05, 3.63) is 68.9 Å². The molecular weight excluding hydrogens is 382 g/mol. The van der Waals surface area contributed by atoms with Crippen LogP contribution in [-0.4, -0.2) is 14.7 Å². The predicted octanol–water partition coefficient (Wildman–Crippen LogP) is 4.33. The Labute approximate surface area is 152 Å². The van der Waals surface area contributed by atoms with Crippen LogP contribution in [0, 0.1) is 6.92 Å². The molecule has 2 aromatic carbocycles. The molecule has 6 heteroatoms. The number of fused-ring (bicyclic) bond motifs is 1. The van der Waals surface area contributed by atoms with Crippen molar-refractivity contribution in [3.8, 4) is 22.8 Å². The molecule has 25 heavy (non-hydrogen) atoms. The van der Waals surface area contributed by atoms with Gasteiger partial charge in [-0.2, -0.15) is 4.98 Å². The molecule has 0 aliphatic rings. The Morgan fingerprint density at radius 3 is 2.80 bits per heavy atom. The van der Waals surface area contributed by atoms with Gasteiger partial charge in [0.25, 0.3) is 5.89 Å². The van der Waals surface area contributed by atoms with Crippen LogP contribution < -0.4 is 5.43 Å². The normalized spacial score (nSPS) is 11.2. The van der Waals surface area contributed by atoms with E-state index in [9.17, 15) is 4.79 Å². The summed E-state index contributed by atoms with van der Waals surface area (Å²) in [5, 5.41) is 4.66. The van der Waals surface area contributed by atoms with Gasteiger partial charge in [0.15, 0.2) is 0 Å². The summed E-state index contributed by atoms with van der Waals surface area (Å²) in [7, 11) is 1.90. The van der Waals surface area contributed by atoms with E-state index in [0.717, 1.165) is 21.1 Å². The first kappa shape index (κ1) is 15.8. The molecule has 0 radical (unpaired) electrons. The van der Waals surface area contributed by atoms with Crippen LogP contribution in [0.4, 0.5) is 0 Å². The third-order valence-electron chi connectivity index (χ3n) is 4.08. The first-order valence-corrected chi connectivity index (χ1v) is 8.52. The average Bonchev–Trinajstić information content (AvgIpc) is 3.08. The monoisotopic (exact) mass is 395 g/mol. The molecule has 0 saturated heterocycles. The Bertz CT molecular complexity index is 1160. The number of hydrogen-bond donors (Lipinski definition) is 0. The summed E-state index contributed by atoms with van der Waals surface area (Å²) in [6, 6.07) is 13.4. The molecule has 0 spiro atoms. The van der Waals surface area contributed by atoms with Crippen LogP contribution in [0.1, 0.15) is 5.56 Å². The van der Waals surface area contributed by atoms with Crippen molar-refractivity contribution in [2.24, 2.45) is 7.05 Å². The maximum atomic E-state index is 12.9. The molecule has 2 aromatic heterocycles. The summed E-state index contributed by atoms with van der Waals surface area (Å²) in [5.41, 5.74) is 3.00. The fourth-order valence-corrected chi connectivity index (χ4v) is 3.24. The first-order chi connectivity index (χ1) is 12.0. The van der Waals surface area contributed by atoms with E-state index in [0.29, 0.717) is 16.8 Å². The van der Waals surface area contributed by atoms with Gasteiger partial charge in [0, 0.05) is 28.7 Å². The molecular formula is C19H14BrN3O2. The maximum Gasteiger partial charge on any atom is 0.263 e. The van der Waals surface area contributed by atoms with E-state index in [-0.39, 0.29) is 11.3 Å². The molecule has 0 bridgehead atoms. The summed E-state index contributed by atoms with van der Waals surface area (Å²) in [6.45, 7) is 1.96. The second-order valence-corrected chi connectivity index (χ2v) is 6.85. The predicted molar refractivity (Wildman–Crippen MR) is 100 cm³/mol. The molecule has 124 valence electrons. The molecule has 0 saturated carbocycles. The lowest BCUT2D eigenvalue weighted by Crippen LogP contribution is -2.10. The fourth-order valence-electron chi connectivity index (χ4n) is 2.84. The van der Waals surface area contributed by atoms with Crippen molar-refractivity contribution in [2.75, 3.05) is 0 Å². The summed E-state index contributed by atoms with van der Waals surface area (Å²) in [4.78, 5) is 17.3. The number of rotatable bonds is 2. The van der Waals surface area contributed by atoms with Gasteiger partial charge in [0.1, 0.15) is 5.56 Å². The highest BCUT2D eigenvalue weighted by Crippen LogP contribution is 2.24. The fraction of sp³-hybridized carbons (Fsp3) is 0.105. The van der Waals surface area contributed by atoms with Crippen molar-refractivity contribution in [3.63, 3.8) is 0 Å². The van der Waals surface area contributed by atoms with E-state index in [1.807, 2.05) is 61.0 Å². The van der Waals surface area contributed by atoms with Gasteiger partial charge in [-0.15, -0.1) is 0 Å². The third kappa shape index (κ3) is 2.78. The van der Waals surface area contributed by atoms with Crippen LogP contribution in [0.2, 0.25) is 0 Å². The molecule has 4 rings (SSSR count). The van der Waals surface area contributed by atoms with Gasteiger partial charge < -0.3 is 9.09 Å². The van der Waals surface area contributed by atoms with Gasteiger partial charge in [-0.3, -0.25) is 4.79 Å². The Balaban J connectivity index is 1.88. The Morgan fingerprint density at radius 1 is 1.16 bits per heavy atom. The van der Waals surface area contributed by atoms with E-state index >= 15 is 0 Å². The van der Waals surface area contributed by atoms with Crippen LogP contribution in [0.25, 0.3) is 33.7 Å². The molecule has 0 N–H and O–H groups in total. The Hall–Kier alpha value is -2.73. The van der Waals surface area contributed by atoms with Gasteiger partial charge in [-0.1, -0.05) is 44.8 Å². The van der Waals surface area contributed by atoms with Crippen LogP contribution in [0.3, 0.4) is 0 Å². The van der Waals surface area contributed by atoms with Crippen LogP contribution in [0.5, 0.6) is 0 Å². The minimum Gasteiger partial charge on any atom is -0.350 e. The number of pyridine rings is 1. The molecule has 2 heterocycles. The number of aromatic nitrogens is 3. The first-order valence-electron chi connectivity index (χ1n) is 7.73. The van der Waals surface area contributed by atoms with Gasteiger partial charge in [0.2, 0.25) is 11.3 Å². The van der Waals surface area contributed by atoms with Gasteiger partial charge in [-0.05, 0) is 31.2 Å². The molecule has 0 amide bonds. The summed E-state index contributed by atoms with van der Waals surface area (Å²) >= 11 is 3.43. The molecule has 5 nitrogen and oxygen atoms in total. The van der Waals surface area contributed by atoms with Gasteiger partial charge in [0.05, 0.1) is 5.52 Å². The number of benzene rings is 2. The quantitative estimate of drug-likeness (QED) is 0.506. The molecule has 0 aliphatic heterocycles. The molecule has 0 atom stereocenters. The van der Waals surface area contributed by atoms with Gasteiger partial charge in [-0.25, -0.2) is 0 Å². The second-order valence-electron chi connectivity index (χ2n) is 5.94. The van der Waals surface area contributed by atoms with E-state index in [1.165, 1.54) is 0 Å². The summed E-state index contributed by atoms with van der Waals surface area (Å²) < 4.78 is 8.19. The number of aryl methyl sites for hydroxylation is 2. The number of hydrogen-bond acceptors (Lipinski definition) is 4. The van der Waals surface area contributed by atoms with Crippen molar-refractivity contribution in [1.29, 1.82) is 0 Å². The highest BCUT2D eigenvalue weighted by Gasteiger charge is 2.16. The summed E-state index contributed by atoms with van der Waals surface area (Å²) in [6.07, 6.45) is 1.73. The molecule has 0 unspecified atom stereocenters. The van der Waals surface area contributed by atoms with E-state index < -0.39 is 0 Å². The van der Waals surface area contributed by atoms with Crippen molar-refractivity contribution in [2.45, 2.75) is 6.92 Å². The van der Waals surface area contributed by atoms with E-state index in [1.54, 1.807) is 6.20 Å². The maximum absolute atomic E-state index is 12.9. The highest BCUT2D eigenvalue weighted by atomic mass is 79.9. The Morgan fingerprint density at radius 2 is 2.00 bits per heavy atom. The highest BCUT2D eigenvalue weighted by molar-refractivity contribution is 9.10. The summed E-state index contributed by atoms with van der Waals surface area (Å²) in [5.74, 6) is 0.668. The minimum atomic E-state index is -0.110. The molecule has 4 aromatic rings. The van der Waals surface area contributed by atoms with E-state index in [4.69, 9.17) is 4.52 Å². The number of halogens is 1. The lowest BCUT2D eigenvalue weighted by molar-refractivity contribution is 0.432. The van der Waals surface area contributed by atoms with Gasteiger partial charge >= 0.3 is 0 Å². The van der Waals surface area contributed by atoms with Crippen LogP contribution >= 0.6 is 15.9 Å². The zero-order valence-corrected chi connectivity index (χ0v) is 15.2. The molecule has 0 fully saturated rings. The SMILES string of the molecule is Cc1ccc2c(c1)c(=O)c(-c1nc(-c3cccc(Br)c3)no1)cn2C. The Kier molecular flexibility index (Phi) is 3.77. The topological polar surface area (TPSA) is 60.9 Å². The third-order valence-corrected chi connectivity index (χ3v) is 4.58. The lowest BCUT2D eigenvalue weighted by atomic mass is 10.1. The number of nitrogens with zero attached hydrogens (tertiary/aromatic N) is 3. The van der Waals surface area contributed by atoms with Crippen molar-refractivity contribution in [1.82, 2.24) is 14.7 Å².